The first-order chi connectivity index (χ1) is 9.22. The summed E-state index contributed by atoms with van der Waals surface area (Å²) in [6, 6.07) is 13.7. The molecule has 3 aromatic rings. The molecule has 0 aliphatic rings. The van der Waals surface area contributed by atoms with Crippen molar-refractivity contribution in [1.29, 1.82) is 0 Å². The summed E-state index contributed by atoms with van der Waals surface area (Å²) < 4.78 is 0. The van der Waals surface area contributed by atoms with Crippen molar-refractivity contribution in [3.8, 4) is 0 Å². The highest BCUT2D eigenvalue weighted by Gasteiger charge is 2.04. The molecule has 0 spiro atoms. The van der Waals surface area contributed by atoms with Crippen molar-refractivity contribution in [2.24, 2.45) is 0 Å². The van der Waals surface area contributed by atoms with Crippen LogP contribution in [0.25, 0.3) is 11.0 Å². The smallest absolute Gasteiger partial charge is 0.117 e. The van der Waals surface area contributed by atoms with Crippen molar-refractivity contribution in [1.82, 2.24) is 9.97 Å². The molecule has 0 unspecified atom stereocenters. The van der Waals surface area contributed by atoms with E-state index in [0.717, 1.165) is 27.5 Å². The number of para-hydroxylation sites is 2. The van der Waals surface area contributed by atoms with Gasteiger partial charge in [-0.3, -0.25) is 0 Å². The van der Waals surface area contributed by atoms with Crippen LogP contribution in [0.5, 0.6) is 0 Å². The first-order valence-electron chi connectivity index (χ1n) is 5.84. The number of nitrogen functional groups attached to an aromatic ring is 1. The highest BCUT2D eigenvalue weighted by atomic mass is 35.5. The lowest BCUT2D eigenvalue weighted by atomic mass is 10.3. The monoisotopic (exact) mass is 289 g/mol. The number of thioether (sulfide) groups is 1. The molecular weight excluding hydrogens is 278 g/mol. The van der Waals surface area contributed by atoms with Crippen LogP contribution in [0, 0.1) is 0 Å². The molecule has 0 bridgehead atoms. The molecule has 0 saturated heterocycles. The Labute approximate surface area is 120 Å². The van der Waals surface area contributed by atoms with Crippen molar-refractivity contribution >= 4 is 40.1 Å². The van der Waals surface area contributed by atoms with E-state index in [4.69, 9.17) is 17.3 Å². The lowest BCUT2D eigenvalue weighted by Crippen LogP contribution is -1.87. The van der Waals surface area contributed by atoms with Gasteiger partial charge < -0.3 is 10.7 Å². The third kappa shape index (κ3) is 2.69. The number of H-pyrrole nitrogens is 1. The van der Waals surface area contributed by atoms with E-state index in [9.17, 15) is 0 Å². The third-order valence-electron chi connectivity index (χ3n) is 2.79. The van der Waals surface area contributed by atoms with Gasteiger partial charge in [0.15, 0.2) is 0 Å². The molecule has 5 heteroatoms. The Morgan fingerprint density at radius 1 is 1.21 bits per heavy atom. The van der Waals surface area contributed by atoms with E-state index >= 15 is 0 Å². The minimum absolute atomic E-state index is 0.592. The zero-order chi connectivity index (χ0) is 13.2. The summed E-state index contributed by atoms with van der Waals surface area (Å²) in [6.45, 7) is 0. The van der Waals surface area contributed by atoms with Crippen molar-refractivity contribution in [3.05, 3.63) is 53.3 Å². The molecule has 0 amide bonds. The molecule has 1 heterocycles. The highest BCUT2D eigenvalue weighted by molar-refractivity contribution is 7.98. The summed E-state index contributed by atoms with van der Waals surface area (Å²) in [7, 11) is 0. The fourth-order valence-electron chi connectivity index (χ4n) is 1.82. The molecule has 0 fully saturated rings. The zero-order valence-corrected chi connectivity index (χ0v) is 11.6. The van der Waals surface area contributed by atoms with Crippen LogP contribution in [-0.2, 0) is 5.75 Å². The number of halogens is 1. The number of aromatic nitrogens is 2. The Kier molecular flexibility index (Phi) is 3.36. The summed E-state index contributed by atoms with van der Waals surface area (Å²) >= 11 is 7.68. The molecule has 0 aliphatic heterocycles. The number of anilines is 1. The van der Waals surface area contributed by atoms with Gasteiger partial charge in [0.2, 0.25) is 0 Å². The van der Waals surface area contributed by atoms with E-state index in [1.165, 1.54) is 0 Å². The zero-order valence-electron chi connectivity index (χ0n) is 10.1. The van der Waals surface area contributed by atoms with Crippen molar-refractivity contribution < 1.29 is 0 Å². The first-order valence-corrected chi connectivity index (χ1v) is 7.20. The fraction of sp³-hybridized carbons (Fsp3) is 0.0714. The Hall–Kier alpha value is -1.65. The Balaban J connectivity index is 1.76. The lowest BCUT2D eigenvalue weighted by molar-refractivity contribution is 1.14. The SMILES string of the molecule is Nc1ccc(SCc2nc3ccccc3[nH]2)cc1Cl. The summed E-state index contributed by atoms with van der Waals surface area (Å²) in [5.74, 6) is 1.73. The average Bonchev–Trinajstić information content (AvgIpc) is 2.83. The number of fused-ring (bicyclic) bond motifs is 1. The molecule has 3 rings (SSSR count). The van der Waals surface area contributed by atoms with E-state index < -0.39 is 0 Å². The van der Waals surface area contributed by atoms with E-state index in [0.29, 0.717) is 10.7 Å². The second kappa shape index (κ2) is 5.15. The number of rotatable bonds is 3. The van der Waals surface area contributed by atoms with Crippen LogP contribution < -0.4 is 5.73 Å². The van der Waals surface area contributed by atoms with Gasteiger partial charge in [0.25, 0.3) is 0 Å². The van der Waals surface area contributed by atoms with Gasteiger partial charge in [-0.1, -0.05) is 23.7 Å². The van der Waals surface area contributed by atoms with E-state index in [1.54, 1.807) is 11.8 Å². The van der Waals surface area contributed by atoms with Crippen molar-refractivity contribution in [2.75, 3.05) is 5.73 Å². The minimum Gasteiger partial charge on any atom is -0.398 e. The Morgan fingerprint density at radius 3 is 2.84 bits per heavy atom. The number of aromatic amines is 1. The Morgan fingerprint density at radius 2 is 2.05 bits per heavy atom. The maximum Gasteiger partial charge on any atom is 0.117 e. The van der Waals surface area contributed by atoms with Gasteiger partial charge in [0.05, 0.1) is 27.5 Å². The van der Waals surface area contributed by atoms with Gasteiger partial charge in [-0.05, 0) is 30.3 Å². The van der Waals surface area contributed by atoms with Crippen LogP contribution in [0.15, 0.2) is 47.4 Å². The second-order valence-electron chi connectivity index (χ2n) is 4.17. The molecule has 3 N–H and O–H groups in total. The van der Waals surface area contributed by atoms with Crippen molar-refractivity contribution in [2.45, 2.75) is 10.6 Å². The number of nitrogens with one attached hydrogen (secondary N) is 1. The fourth-order valence-corrected chi connectivity index (χ4v) is 2.87. The molecule has 0 atom stereocenters. The topological polar surface area (TPSA) is 54.7 Å². The number of nitrogens with two attached hydrogens (primary N) is 1. The van der Waals surface area contributed by atoms with Gasteiger partial charge in [-0.2, -0.15) is 0 Å². The number of hydrogen-bond acceptors (Lipinski definition) is 3. The summed E-state index contributed by atoms with van der Waals surface area (Å²) in [4.78, 5) is 8.92. The summed E-state index contributed by atoms with van der Waals surface area (Å²) in [5.41, 5.74) is 8.35. The third-order valence-corrected chi connectivity index (χ3v) is 4.12. The normalized spacial score (nSPS) is 11.0. The lowest BCUT2D eigenvalue weighted by Gasteiger charge is -2.02. The van der Waals surface area contributed by atoms with Crippen LogP contribution in [0.2, 0.25) is 5.02 Å². The molecule has 1 aromatic heterocycles. The number of imidazole rings is 1. The van der Waals surface area contributed by atoms with Crippen LogP contribution in [0.4, 0.5) is 5.69 Å². The van der Waals surface area contributed by atoms with Crippen LogP contribution in [0.1, 0.15) is 5.82 Å². The predicted molar refractivity (Wildman–Crippen MR) is 81.5 cm³/mol. The van der Waals surface area contributed by atoms with Gasteiger partial charge in [0.1, 0.15) is 5.82 Å². The van der Waals surface area contributed by atoms with Gasteiger partial charge in [-0.15, -0.1) is 11.8 Å². The number of hydrogen-bond donors (Lipinski definition) is 2. The molecule has 0 aliphatic carbocycles. The van der Waals surface area contributed by atoms with Gasteiger partial charge in [-0.25, -0.2) is 4.98 Å². The largest absolute Gasteiger partial charge is 0.398 e. The van der Waals surface area contributed by atoms with E-state index in [1.807, 2.05) is 42.5 Å². The quantitative estimate of drug-likeness (QED) is 0.564. The van der Waals surface area contributed by atoms with E-state index in [-0.39, 0.29) is 0 Å². The van der Waals surface area contributed by atoms with Crippen LogP contribution in [0.3, 0.4) is 0 Å². The predicted octanol–water partition coefficient (Wildman–Crippen LogP) is 4.09. The molecule has 0 saturated carbocycles. The number of benzene rings is 2. The van der Waals surface area contributed by atoms with Gasteiger partial charge in [0, 0.05) is 4.90 Å². The molecule has 2 aromatic carbocycles. The molecule has 96 valence electrons. The minimum atomic E-state index is 0.592. The second-order valence-corrected chi connectivity index (χ2v) is 5.63. The standard InChI is InChI=1S/C14H12ClN3S/c15-10-7-9(5-6-11(10)16)19-8-14-17-12-3-1-2-4-13(12)18-14/h1-7H,8,16H2,(H,17,18). The maximum atomic E-state index is 6.00. The summed E-state index contributed by atoms with van der Waals surface area (Å²) in [5, 5.41) is 0.592. The van der Waals surface area contributed by atoms with Gasteiger partial charge >= 0.3 is 0 Å². The highest BCUT2D eigenvalue weighted by Crippen LogP contribution is 2.28. The first kappa shape index (κ1) is 12.4. The van der Waals surface area contributed by atoms with Crippen LogP contribution in [-0.4, -0.2) is 9.97 Å². The molecule has 19 heavy (non-hydrogen) atoms. The summed E-state index contributed by atoms with van der Waals surface area (Å²) in [6.07, 6.45) is 0. The maximum absolute atomic E-state index is 6.00. The van der Waals surface area contributed by atoms with Crippen LogP contribution >= 0.6 is 23.4 Å². The Bertz CT molecular complexity index is 691. The van der Waals surface area contributed by atoms with Crippen molar-refractivity contribution in [3.63, 3.8) is 0 Å². The molecule has 0 radical (unpaired) electrons. The van der Waals surface area contributed by atoms with E-state index in [2.05, 4.69) is 9.97 Å². The average molecular weight is 290 g/mol. The molecular formula is C14H12ClN3S. The molecule has 3 nitrogen and oxygen atoms in total. The number of nitrogens with zero attached hydrogens (tertiary/aromatic N) is 1.